The van der Waals surface area contributed by atoms with Crippen molar-refractivity contribution < 1.29 is 14.3 Å². The largest absolute Gasteiger partial charge is 0.430 e. The van der Waals surface area contributed by atoms with Crippen LogP contribution in [0.4, 0.5) is 5.69 Å². The van der Waals surface area contributed by atoms with Crippen LogP contribution in [0.5, 0.6) is 0 Å². The van der Waals surface area contributed by atoms with Crippen molar-refractivity contribution in [2.45, 2.75) is 13.8 Å². The van der Waals surface area contributed by atoms with Crippen LogP contribution in [0.15, 0.2) is 41.1 Å². The minimum absolute atomic E-state index is 0.303. The van der Waals surface area contributed by atoms with Gasteiger partial charge in [0, 0.05) is 11.8 Å². The Morgan fingerprint density at radius 3 is 2.63 bits per heavy atom. The Bertz CT molecular complexity index is 604. The molecule has 0 saturated carbocycles. The first-order valence-electron chi connectivity index (χ1n) is 5.72. The third-order valence-corrected chi connectivity index (χ3v) is 3.01. The highest BCUT2D eigenvalue weighted by molar-refractivity contribution is 6.33. The summed E-state index contributed by atoms with van der Waals surface area (Å²) in [4.78, 5) is 27.8. The number of cyclic esters (lactones) is 1. The Balaban J connectivity index is 2.34. The van der Waals surface area contributed by atoms with E-state index in [4.69, 9.17) is 16.3 Å². The molecule has 1 unspecified atom stereocenters. The third kappa shape index (κ3) is 2.90. The number of nitrogens with zero attached hydrogens (tertiary/aromatic N) is 1. The van der Waals surface area contributed by atoms with Crippen molar-refractivity contribution in [3.05, 3.63) is 41.1 Å². The highest BCUT2D eigenvalue weighted by atomic mass is 35.5. The smallest absolute Gasteiger partial charge is 0.327 e. The molecule has 4 nitrogen and oxygen atoms in total. The Morgan fingerprint density at radius 1 is 1.32 bits per heavy atom. The second kappa shape index (κ2) is 5.36. The van der Waals surface area contributed by atoms with E-state index >= 15 is 0 Å². The first-order valence-corrected chi connectivity index (χ1v) is 6.10. The van der Waals surface area contributed by atoms with Gasteiger partial charge in [-0.2, -0.15) is 0 Å². The number of ether oxygens (including phenoxy) is 1. The number of halogens is 1. The second-order valence-corrected chi connectivity index (χ2v) is 4.62. The van der Waals surface area contributed by atoms with Crippen molar-refractivity contribution >= 4 is 34.8 Å². The molecule has 19 heavy (non-hydrogen) atoms. The zero-order valence-electron chi connectivity index (χ0n) is 10.5. The summed E-state index contributed by atoms with van der Waals surface area (Å²) in [5.41, 5.74) is 0.889. The van der Waals surface area contributed by atoms with Gasteiger partial charge in [-0.3, -0.25) is 14.6 Å². The Labute approximate surface area is 115 Å². The maximum atomic E-state index is 11.8. The number of hydrogen-bond donors (Lipinski definition) is 0. The minimum atomic E-state index is -0.986. The molecule has 1 aromatic rings. The Hall–Kier alpha value is -1.94. The summed E-state index contributed by atoms with van der Waals surface area (Å²) < 4.78 is 4.95. The topological polar surface area (TPSA) is 55.7 Å². The van der Waals surface area contributed by atoms with E-state index in [0.29, 0.717) is 22.2 Å². The maximum Gasteiger partial charge on any atom is 0.327 e. The van der Waals surface area contributed by atoms with Gasteiger partial charge >= 0.3 is 5.97 Å². The summed E-state index contributed by atoms with van der Waals surface area (Å²) in [6.45, 7) is 3.17. The number of benzene rings is 1. The average molecular weight is 278 g/mol. The van der Waals surface area contributed by atoms with Crippen LogP contribution >= 0.6 is 11.6 Å². The number of hydrogen-bond acceptors (Lipinski definition) is 4. The summed E-state index contributed by atoms with van der Waals surface area (Å²) >= 11 is 5.98. The Kier molecular flexibility index (Phi) is 3.81. The molecule has 0 saturated heterocycles. The molecule has 5 heteroatoms. The van der Waals surface area contributed by atoms with Crippen LogP contribution in [0.3, 0.4) is 0 Å². The van der Waals surface area contributed by atoms with Crippen LogP contribution in [0.2, 0.25) is 5.02 Å². The number of rotatable bonds is 2. The normalized spacial score (nSPS) is 20.1. The molecular weight excluding hydrogens is 266 g/mol. The molecule has 1 aliphatic rings. The number of allylic oxidation sites excluding steroid dienone is 2. The molecule has 2 rings (SSSR count). The lowest BCUT2D eigenvalue weighted by Crippen LogP contribution is -2.34. The molecule has 0 aliphatic carbocycles. The highest BCUT2D eigenvalue weighted by Gasteiger charge is 2.33. The van der Waals surface area contributed by atoms with Gasteiger partial charge in [0.1, 0.15) is 5.76 Å². The highest BCUT2D eigenvalue weighted by Crippen LogP contribution is 2.26. The number of ketones is 1. The summed E-state index contributed by atoms with van der Waals surface area (Å²) in [6.07, 6.45) is 1.30. The van der Waals surface area contributed by atoms with Gasteiger partial charge in [0.15, 0.2) is 11.7 Å². The second-order valence-electron chi connectivity index (χ2n) is 4.22. The molecule has 0 bridgehead atoms. The van der Waals surface area contributed by atoms with Crippen LogP contribution < -0.4 is 0 Å². The molecule has 0 N–H and O–H groups in total. The molecule has 0 amide bonds. The molecule has 0 aromatic heterocycles. The molecule has 0 radical (unpaired) electrons. The van der Waals surface area contributed by atoms with Crippen LogP contribution in [-0.2, 0) is 14.3 Å². The van der Waals surface area contributed by atoms with Crippen molar-refractivity contribution in [3.8, 4) is 0 Å². The molecule has 1 heterocycles. The summed E-state index contributed by atoms with van der Waals surface area (Å²) in [5, 5.41) is 0.463. The van der Waals surface area contributed by atoms with Crippen LogP contribution in [-0.4, -0.2) is 17.5 Å². The standard InChI is InChI=1S/C14H12ClNO3/c1-8-7-12(17)13(14(18)19-8)9(2)16-11-6-4-3-5-10(11)15/h3-7,13H,1-2H3. The fourth-order valence-corrected chi connectivity index (χ4v) is 2.00. The number of aliphatic imine (C=N–C) groups is 1. The summed E-state index contributed by atoms with van der Waals surface area (Å²) in [5.74, 6) is -1.60. The molecule has 98 valence electrons. The predicted molar refractivity (Wildman–Crippen MR) is 72.6 cm³/mol. The molecule has 1 aromatic carbocycles. The van der Waals surface area contributed by atoms with Crippen molar-refractivity contribution in [1.29, 1.82) is 0 Å². The van der Waals surface area contributed by atoms with Crippen LogP contribution in [0, 0.1) is 5.92 Å². The van der Waals surface area contributed by atoms with Gasteiger partial charge in [-0.1, -0.05) is 23.7 Å². The van der Waals surface area contributed by atoms with Crippen molar-refractivity contribution in [2.24, 2.45) is 10.9 Å². The van der Waals surface area contributed by atoms with Crippen molar-refractivity contribution in [3.63, 3.8) is 0 Å². The van der Waals surface area contributed by atoms with Gasteiger partial charge in [-0.15, -0.1) is 0 Å². The lowest BCUT2D eigenvalue weighted by Gasteiger charge is -2.18. The van der Waals surface area contributed by atoms with Crippen molar-refractivity contribution in [1.82, 2.24) is 0 Å². The van der Waals surface area contributed by atoms with E-state index in [0.717, 1.165) is 0 Å². The Morgan fingerprint density at radius 2 is 2.00 bits per heavy atom. The number of esters is 1. The number of para-hydroxylation sites is 1. The lowest BCUT2D eigenvalue weighted by molar-refractivity contribution is -0.146. The molecular formula is C14H12ClNO3. The first kappa shape index (κ1) is 13.5. The van der Waals surface area contributed by atoms with E-state index < -0.39 is 11.9 Å². The van der Waals surface area contributed by atoms with Gasteiger partial charge < -0.3 is 4.74 Å². The molecule has 0 spiro atoms. The van der Waals surface area contributed by atoms with Gasteiger partial charge in [-0.05, 0) is 26.0 Å². The minimum Gasteiger partial charge on any atom is -0.430 e. The van der Waals surface area contributed by atoms with E-state index in [2.05, 4.69) is 4.99 Å². The molecule has 1 atom stereocenters. The van der Waals surface area contributed by atoms with Crippen LogP contribution in [0.25, 0.3) is 0 Å². The quantitative estimate of drug-likeness (QED) is 0.474. The number of carbonyl (C=O) groups is 2. The van der Waals surface area contributed by atoms with E-state index in [-0.39, 0.29) is 5.78 Å². The van der Waals surface area contributed by atoms with Crippen LogP contribution in [0.1, 0.15) is 13.8 Å². The molecule has 0 fully saturated rings. The van der Waals surface area contributed by atoms with Gasteiger partial charge in [0.2, 0.25) is 0 Å². The van der Waals surface area contributed by atoms with Gasteiger partial charge in [0.25, 0.3) is 0 Å². The zero-order valence-corrected chi connectivity index (χ0v) is 11.3. The zero-order chi connectivity index (χ0) is 14.0. The third-order valence-electron chi connectivity index (χ3n) is 2.69. The van der Waals surface area contributed by atoms with Gasteiger partial charge in [-0.25, -0.2) is 0 Å². The van der Waals surface area contributed by atoms with E-state index in [1.54, 1.807) is 38.1 Å². The fraction of sp³-hybridized carbons (Fsp3) is 0.214. The SMILES string of the molecule is CC1=CC(=O)C(C(C)=Nc2ccccc2Cl)C(=O)O1. The maximum absolute atomic E-state index is 11.8. The predicted octanol–water partition coefficient (Wildman–Crippen LogP) is 3.08. The van der Waals surface area contributed by atoms with E-state index in [1.807, 2.05) is 0 Å². The fourth-order valence-electron chi connectivity index (χ4n) is 1.82. The number of carbonyl (C=O) groups excluding carboxylic acids is 2. The van der Waals surface area contributed by atoms with Gasteiger partial charge in [0.05, 0.1) is 10.7 Å². The summed E-state index contributed by atoms with van der Waals surface area (Å²) in [6, 6.07) is 6.97. The van der Waals surface area contributed by atoms with Crippen molar-refractivity contribution in [2.75, 3.05) is 0 Å². The summed E-state index contributed by atoms with van der Waals surface area (Å²) in [7, 11) is 0. The van der Waals surface area contributed by atoms with E-state index in [1.165, 1.54) is 6.08 Å². The lowest BCUT2D eigenvalue weighted by atomic mass is 9.96. The monoisotopic (exact) mass is 277 g/mol. The molecule has 1 aliphatic heterocycles. The first-order chi connectivity index (χ1) is 8.99. The average Bonchev–Trinajstić information content (AvgIpc) is 2.30. The van der Waals surface area contributed by atoms with E-state index in [9.17, 15) is 9.59 Å².